The highest BCUT2D eigenvalue weighted by Gasteiger charge is 2.33. The molecular weight excluding hydrogens is 452 g/mol. The number of sulfonamides is 1. The van der Waals surface area contributed by atoms with E-state index in [1.165, 1.54) is 18.2 Å². The fraction of sp³-hybridized carbons (Fsp3) is 0.304. The topological polar surface area (TPSA) is 52.7 Å². The van der Waals surface area contributed by atoms with E-state index < -0.39 is 21.9 Å². The van der Waals surface area contributed by atoms with Crippen LogP contribution in [0.5, 0.6) is 0 Å². The zero-order chi connectivity index (χ0) is 22.7. The van der Waals surface area contributed by atoms with Gasteiger partial charge in [0.25, 0.3) is 0 Å². The molecule has 1 aromatic heterocycles. The third kappa shape index (κ3) is 5.01. The quantitative estimate of drug-likeness (QED) is 0.553. The Morgan fingerprint density at radius 1 is 0.938 bits per heavy atom. The van der Waals surface area contributed by atoms with E-state index in [9.17, 15) is 17.2 Å². The maximum atomic E-state index is 14.2. The van der Waals surface area contributed by atoms with Crippen molar-refractivity contribution in [2.75, 3.05) is 31.1 Å². The minimum Gasteiger partial charge on any atom is -0.367 e. The molecule has 3 aromatic rings. The molecular formula is C23H25F2N3O2S2. The van der Waals surface area contributed by atoms with Gasteiger partial charge in [-0.2, -0.15) is 0 Å². The summed E-state index contributed by atoms with van der Waals surface area (Å²) in [5, 5.41) is 1.97. The van der Waals surface area contributed by atoms with Crippen molar-refractivity contribution >= 4 is 27.0 Å². The van der Waals surface area contributed by atoms with E-state index in [1.54, 1.807) is 23.5 Å². The standard InChI is InChI=1S/C23H25F2N3O2S2/c1-17(26-32(29,30)19-10-8-18(24)9-11-19)23(22-7-4-16-31-22)28-14-12-27(13-15-28)21-6-3-2-5-20(21)25/h2-11,16-17,23,26H,12-15H2,1H3/t17-,23-/m0/s1. The smallest absolute Gasteiger partial charge is 0.240 e. The molecule has 1 aliphatic rings. The van der Waals surface area contributed by atoms with Crippen molar-refractivity contribution in [1.29, 1.82) is 0 Å². The number of para-hydroxylation sites is 1. The first kappa shape index (κ1) is 22.8. The summed E-state index contributed by atoms with van der Waals surface area (Å²) in [5.74, 6) is -0.725. The van der Waals surface area contributed by atoms with E-state index in [-0.39, 0.29) is 16.8 Å². The molecule has 0 bridgehead atoms. The Morgan fingerprint density at radius 2 is 1.62 bits per heavy atom. The van der Waals surface area contributed by atoms with Crippen LogP contribution in [-0.2, 0) is 10.0 Å². The second-order valence-corrected chi connectivity index (χ2v) is 10.5. The number of hydrogen-bond acceptors (Lipinski definition) is 5. The summed E-state index contributed by atoms with van der Waals surface area (Å²) in [7, 11) is -3.81. The summed E-state index contributed by atoms with van der Waals surface area (Å²) < 4.78 is 56.0. The number of piperazine rings is 1. The Bertz CT molecular complexity index is 1130. The molecule has 2 atom stereocenters. The lowest BCUT2D eigenvalue weighted by molar-refractivity contribution is 0.163. The number of anilines is 1. The molecule has 9 heteroatoms. The van der Waals surface area contributed by atoms with Crippen molar-refractivity contribution in [1.82, 2.24) is 9.62 Å². The third-order valence-electron chi connectivity index (χ3n) is 5.67. The molecule has 0 saturated carbocycles. The highest BCUT2D eigenvalue weighted by atomic mass is 32.2. The van der Waals surface area contributed by atoms with Gasteiger partial charge in [0.05, 0.1) is 16.6 Å². The number of halogens is 2. The molecule has 0 aliphatic carbocycles. The summed E-state index contributed by atoms with van der Waals surface area (Å²) in [6.07, 6.45) is 0. The Balaban J connectivity index is 1.51. The average Bonchev–Trinajstić information content (AvgIpc) is 3.29. The van der Waals surface area contributed by atoms with Crippen LogP contribution in [0.1, 0.15) is 17.8 Å². The monoisotopic (exact) mass is 477 g/mol. The number of nitrogens with one attached hydrogen (secondary N) is 1. The Kier molecular flexibility index (Phi) is 6.90. The molecule has 1 fully saturated rings. The second kappa shape index (κ2) is 9.66. The van der Waals surface area contributed by atoms with Crippen LogP contribution in [0.4, 0.5) is 14.5 Å². The number of rotatable bonds is 7. The van der Waals surface area contributed by atoms with Gasteiger partial charge < -0.3 is 4.90 Å². The number of hydrogen-bond donors (Lipinski definition) is 1. The van der Waals surface area contributed by atoms with Crippen LogP contribution in [0.2, 0.25) is 0 Å². The second-order valence-electron chi connectivity index (χ2n) is 7.80. The summed E-state index contributed by atoms with van der Waals surface area (Å²) in [4.78, 5) is 5.34. The lowest BCUT2D eigenvalue weighted by atomic mass is 10.1. The molecule has 0 radical (unpaired) electrons. The summed E-state index contributed by atoms with van der Waals surface area (Å²) in [6, 6.07) is 14.9. The van der Waals surface area contributed by atoms with Crippen molar-refractivity contribution in [2.24, 2.45) is 0 Å². The van der Waals surface area contributed by atoms with Gasteiger partial charge in [-0.25, -0.2) is 21.9 Å². The number of benzene rings is 2. The lowest BCUT2D eigenvalue weighted by Gasteiger charge is -2.42. The third-order valence-corrected chi connectivity index (χ3v) is 8.19. The summed E-state index contributed by atoms with van der Waals surface area (Å²) >= 11 is 1.58. The van der Waals surface area contributed by atoms with Gasteiger partial charge in [-0.1, -0.05) is 18.2 Å². The molecule has 1 saturated heterocycles. The van der Waals surface area contributed by atoms with Crippen LogP contribution >= 0.6 is 11.3 Å². The van der Waals surface area contributed by atoms with Crippen LogP contribution < -0.4 is 9.62 Å². The fourth-order valence-corrected chi connectivity index (χ4v) is 6.36. The van der Waals surface area contributed by atoms with Gasteiger partial charge in [0.1, 0.15) is 11.6 Å². The molecule has 0 amide bonds. The van der Waals surface area contributed by atoms with Crippen molar-refractivity contribution in [3.8, 4) is 0 Å². The predicted molar refractivity (Wildman–Crippen MR) is 123 cm³/mol. The first-order chi connectivity index (χ1) is 15.3. The molecule has 4 rings (SSSR count). The zero-order valence-electron chi connectivity index (χ0n) is 17.6. The van der Waals surface area contributed by atoms with Crippen LogP contribution in [0.25, 0.3) is 0 Å². The maximum Gasteiger partial charge on any atom is 0.240 e. The minimum atomic E-state index is -3.81. The van der Waals surface area contributed by atoms with Crippen LogP contribution in [-0.4, -0.2) is 45.5 Å². The molecule has 0 spiro atoms. The van der Waals surface area contributed by atoms with Crippen LogP contribution in [0, 0.1) is 11.6 Å². The van der Waals surface area contributed by atoms with E-state index in [0.717, 1.165) is 17.0 Å². The van der Waals surface area contributed by atoms with Gasteiger partial charge in [-0.05, 0) is 54.8 Å². The Labute approximate surface area is 191 Å². The van der Waals surface area contributed by atoms with E-state index in [2.05, 4.69) is 9.62 Å². The van der Waals surface area contributed by atoms with Gasteiger partial charge in [-0.15, -0.1) is 11.3 Å². The largest absolute Gasteiger partial charge is 0.367 e. The Morgan fingerprint density at radius 3 is 2.25 bits per heavy atom. The lowest BCUT2D eigenvalue weighted by Crippen LogP contribution is -2.52. The highest BCUT2D eigenvalue weighted by molar-refractivity contribution is 7.89. The van der Waals surface area contributed by atoms with E-state index >= 15 is 0 Å². The zero-order valence-corrected chi connectivity index (χ0v) is 19.3. The minimum absolute atomic E-state index is 0.0278. The van der Waals surface area contributed by atoms with Gasteiger partial charge in [0.2, 0.25) is 10.0 Å². The van der Waals surface area contributed by atoms with Gasteiger partial charge in [0, 0.05) is 37.1 Å². The van der Waals surface area contributed by atoms with Gasteiger partial charge in [0.15, 0.2) is 0 Å². The van der Waals surface area contributed by atoms with Crippen LogP contribution in [0.3, 0.4) is 0 Å². The predicted octanol–water partition coefficient (Wildman–Crippen LogP) is 4.26. The molecule has 1 N–H and O–H groups in total. The van der Waals surface area contributed by atoms with Crippen LogP contribution in [0.15, 0.2) is 70.9 Å². The van der Waals surface area contributed by atoms with Gasteiger partial charge in [-0.3, -0.25) is 4.90 Å². The molecule has 2 heterocycles. The Hall–Kier alpha value is -2.33. The summed E-state index contributed by atoms with van der Waals surface area (Å²) in [5.41, 5.74) is 0.588. The maximum absolute atomic E-state index is 14.2. The molecule has 1 aliphatic heterocycles. The molecule has 5 nitrogen and oxygen atoms in total. The first-order valence-corrected chi connectivity index (χ1v) is 12.8. The molecule has 170 valence electrons. The summed E-state index contributed by atoms with van der Waals surface area (Å²) in [6.45, 7) is 4.45. The molecule has 32 heavy (non-hydrogen) atoms. The van der Waals surface area contributed by atoms with Crippen molar-refractivity contribution < 1.29 is 17.2 Å². The average molecular weight is 478 g/mol. The van der Waals surface area contributed by atoms with Gasteiger partial charge >= 0.3 is 0 Å². The molecule has 0 unspecified atom stereocenters. The van der Waals surface area contributed by atoms with Crippen molar-refractivity contribution in [3.63, 3.8) is 0 Å². The normalized spacial score (nSPS) is 17.3. The molecule has 2 aromatic carbocycles. The number of thiophene rings is 1. The first-order valence-electron chi connectivity index (χ1n) is 10.4. The fourth-order valence-electron chi connectivity index (χ4n) is 4.14. The SMILES string of the molecule is C[C@H](NS(=O)(=O)c1ccc(F)cc1)[C@@H](c1cccs1)N1CCN(c2ccccc2F)CC1. The highest BCUT2D eigenvalue weighted by Crippen LogP contribution is 2.31. The van der Waals surface area contributed by atoms with Crippen molar-refractivity contribution in [3.05, 3.63) is 82.6 Å². The van der Waals surface area contributed by atoms with Crippen molar-refractivity contribution in [2.45, 2.75) is 23.9 Å². The van der Waals surface area contributed by atoms with E-state index in [1.807, 2.05) is 35.4 Å². The van der Waals surface area contributed by atoms with E-state index in [0.29, 0.717) is 31.9 Å². The van der Waals surface area contributed by atoms with E-state index in [4.69, 9.17) is 0 Å². The number of nitrogens with zero attached hydrogens (tertiary/aromatic N) is 2.